The summed E-state index contributed by atoms with van der Waals surface area (Å²) in [5, 5.41) is 0.495. The summed E-state index contributed by atoms with van der Waals surface area (Å²) in [4.78, 5) is 10.6. The zero-order chi connectivity index (χ0) is 10.7. The third kappa shape index (κ3) is 2.58. The fraction of sp³-hybridized carbons (Fsp3) is 0.600. The monoisotopic (exact) mass is 226 g/mol. The van der Waals surface area contributed by atoms with Crippen molar-refractivity contribution in [1.82, 2.24) is 9.97 Å². The van der Waals surface area contributed by atoms with Gasteiger partial charge in [-0.2, -0.15) is 0 Å². The lowest BCUT2D eigenvalue weighted by Crippen LogP contribution is -2.39. The summed E-state index contributed by atoms with van der Waals surface area (Å²) in [6, 6.07) is 1.69. The number of halogens is 1. The first-order valence-corrected chi connectivity index (χ1v) is 5.61. The van der Waals surface area contributed by atoms with Crippen molar-refractivity contribution in [3.8, 4) is 0 Å². The van der Waals surface area contributed by atoms with Gasteiger partial charge in [0.1, 0.15) is 5.15 Å². The molecule has 1 aliphatic heterocycles. The molecule has 1 aromatic rings. The Balaban J connectivity index is 2.09. The molecule has 15 heavy (non-hydrogen) atoms. The molecule has 0 bridgehead atoms. The standard InChI is InChI=1S/C10H15ClN4/c11-9-3-4-13-10(14-9)15-5-1-2-8(6-12)7-15/h3-4,8H,1-2,5-7,12H2/t8-/m1/s1. The van der Waals surface area contributed by atoms with E-state index in [1.807, 2.05) is 0 Å². The van der Waals surface area contributed by atoms with Crippen LogP contribution in [0.2, 0.25) is 5.15 Å². The van der Waals surface area contributed by atoms with Crippen molar-refractivity contribution >= 4 is 17.5 Å². The molecule has 1 aromatic heterocycles. The maximum absolute atomic E-state index is 5.83. The van der Waals surface area contributed by atoms with Crippen LogP contribution in [0.25, 0.3) is 0 Å². The van der Waals surface area contributed by atoms with Gasteiger partial charge in [0.25, 0.3) is 0 Å². The SMILES string of the molecule is NC[C@H]1CCCN(c2nccc(Cl)n2)C1. The average Bonchev–Trinajstić information content (AvgIpc) is 2.29. The Hall–Kier alpha value is -0.870. The molecule has 4 nitrogen and oxygen atoms in total. The molecule has 5 heteroatoms. The minimum atomic E-state index is 0.495. The van der Waals surface area contributed by atoms with Gasteiger partial charge in [-0.3, -0.25) is 0 Å². The first-order chi connectivity index (χ1) is 7.29. The molecule has 0 radical (unpaired) electrons. The summed E-state index contributed by atoms with van der Waals surface area (Å²) in [5.41, 5.74) is 5.68. The predicted molar refractivity (Wildman–Crippen MR) is 61.0 cm³/mol. The van der Waals surface area contributed by atoms with Gasteiger partial charge < -0.3 is 10.6 Å². The third-order valence-corrected chi connectivity index (χ3v) is 2.95. The van der Waals surface area contributed by atoms with Crippen LogP contribution in [0.4, 0.5) is 5.95 Å². The summed E-state index contributed by atoms with van der Waals surface area (Å²) in [6.45, 7) is 2.67. The lowest BCUT2D eigenvalue weighted by Gasteiger charge is -2.32. The van der Waals surface area contributed by atoms with Crippen molar-refractivity contribution in [2.45, 2.75) is 12.8 Å². The fourth-order valence-electron chi connectivity index (χ4n) is 1.92. The molecular formula is C10H15ClN4. The smallest absolute Gasteiger partial charge is 0.226 e. The molecule has 0 saturated carbocycles. The van der Waals surface area contributed by atoms with Crippen LogP contribution >= 0.6 is 11.6 Å². The molecule has 0 amide bonds. The Kier molecular flexibility index (Phi) is 3.38. The number of hydrogen-bond donors (Lipinski definition) is 1. The number of nitrogens with two attached hydrogens (primary N) is 1. The van der Waals surface area contributed by atoms with Crippen LogP contribution in [0.1, 0.15) is 12.8 Å². The second-order valence-corrected chi connectivity index (χ2v) is 4.26. The number of piperidine rings is 1. The van der Waals surface area contributed by atoms with Crippen molar-refractivity contribution in [2.75, 3.05) is 24.5 Å². The predicted octanol–water partition coefficient (Wildman–Crippen LogP) is 1.31. The fourth-order valence-corrected chi connectivity index (χ4v) is 2.05. The first-order valence-electron chi connectivity index (χ1n) is 5.23. The van der Waals surface area contributed by atoms with E-state index in [9.17, 15) is 0 Å². The highest BCUT2D eigenvalue weighted by atomic mass is 35.5. The molecule has 0 spiro atoms. The Morgan fingerprint density at radius 1 is 1.60 bits per heavy atom. The quantitative estimate of drug-likeness (QED) is 0.773. The van der Waals surface area contributed by atoms with Gasteiger partial charge in [0.2, 0.25) is 5.95 Å². The maximum Gasteiger partial charge on any atom is 0.226 e. The van der Waals surface area contributed by atoms with E-state index < -0.39 is 0 Å². The van der Waals surface area contributed by atoms with E-state index in [1.165, 1.54) is 6.42 Å². The van der Waals surface area contributed by atoms with Crippen molar-refractivity contribution in [3.63, 3.8) is 0 Å². The van der Waals surface area contributed by atoms with Gasteiger partial charge >= 0.3 is 0 Å². The van der Waals surface area contributed by atoms with Crippen LogP contribution in [0.15, 0.2) is 12.3 Å². The highest BCUT2D eigenvalue weighted by molar-refractivity contribution is 6.29. The van der Waals surface area contributed by atoms with E-state index >= 15 is 0 Å². The minimum Gasteiger partial charge on any atom is -0.340 e. The molecule has 0 unspecified atom stereocenters. The number of anilines is 1. The van der Waals surface area contributed by atoms with Crippen molar-refractivity contribution < 1.29 is 0 Å². The van der Waals surface area contributed by atoms with Crippen LogP contribution in [0.5, 0.6) is 0 Å². The minimum absolute atomic E-state index is 0.495. The summed E-state index contributed by atoms with van der Waals surface area (Å²) >= 11 is 5.83. The maximum atomic E-state index is 5.83. The molecule has 1 aliphatic rings. The molecule has 2 rings (SSSR count). The Bertz CT molecular complexity index is 331. The van der Waals surface area contributed by atoms with Crippen molar-refractivity contribution in [2.24, 2.45) is 11.7 Å². The first kappa shape index (κ1) is 10.6. The Morgan fingerprint density at radius 3 is 3.20 bits per heavy atom. The van der Waals surface area contributed by atoms with Crippen LogP contribution in [-0.2, 0) is 0 Å². The average molecular weight is 227 g/mol. The van der Waals surface area contributed by atoms with E-state index in [-0.39, 0.29) is 0 Å². The van der Waals surface area contributed by atoms with Crippen molar-refractivity contribution in [3.05, 3.63) is 17.4 Å². The van der Waals surface area contributed by atoms with E-state index in [4.69, 9.17) is 17.3 Å². The number of rotatable bonds is 2. The lowest BCUT2D eigenvalue weighted by atomic mass is 9.99. The van der Waals surface area contributed by atoms with Gasteiger partial charge in [0.05, 0.1) is 0 Å². The molecule has 82 valence electrons. The van der Waals surface area contributed by atoms with Gasteiger partial charge in [-0.25, -0.2) is 9.97 Å². The summed E-state index contributed by atoms with van der Waals surface area (Å²) in [5.74, 6) is 1.28. The van der Waals surface area contributed by atoms with Crippen molar-refractivity contribution in [1.29, 1.82) is 0 Å². The van der Waals surface area contributed by atoms with E-state index in [2.05, 4.69) is 14.9 Å². The summed E-state index contributed by atoms with van der Waals surface area (Å²) in [7, 11) is 0. The van der Waals surface area contributed by atoms with Crippen LogP contribution in [0, 0.1) is 5.92 Å². The number of nitrogens with zero attached hydrogens (tertiary/aromatic N) is 3. The largest absolute Gasteiger partial charge is 0.340 e. The number of hydrogen-bond acceptors (Lipinski definition) is 4. The summed E-state index contributed by atoms with van der Waals surface area (Å²) in [6.07, 6.45) is 4.04. The molecular weight excluding hydrogens is 212 g/mol. The van der Waals surface area contributed by atoms with Crippen LogP contribution in [-0.4, -0.2) is 29.6 Å². The van der Waals surface area contributed by atoms with Crippen LogP contribution in [0.3, 0.4) is 0 Å². The highest BCUT2D eigenvalue weighted by Crippen LogP contribution is 2.20. The molecule has 2 N–H and O–H groups in total. The molecule has 1 atom stereocenters. The number of aromatic nitrogens is 2. The highest BCUT2D eigenvalue weighted by Gasteiger charge is 2.20. The van der Waals surface area contributed by atoms with Gasteiger partial charge in [-0.05, 0) is 31.4 Å². The molecule has 1 saturated heterocycles. The zero-order valence-corrected chi connectivity index (χ0v) is 9.32. The molecule has 0 aliphatic carbocycles. The zero-order valence-electron chi connectivity index (χ0n) is 8.56. The van der Waals surface area contributed by atoms with Crippen LogP contribution < -0.4 is 10.6 Å². The molecule has 0 aromatic carbocycles. The van der Waals surface area contributed by atoms with Gasteiger partial charge in [0.15, 0.2) is 0 Å². The van der Waals surface area contributed by atoms with Gasteiger partial charge in [0, 0.05) is 19.3 Å². The van der Waals surface area contributed by atoms with E-state index in [0.29, 0.717) is 11.1 Å². The van der Waals surface area contributed by atoms with Gasteiger partial charge in [-0.15, -0.1) is 0 Å². The second kappa shape index (κ2) is 4.77. The normalized spacial score (nSPS) is 21.7. The van der Waals surface area contributed by atoms with E-state index in [1.54, 1.807) is 12.3 Å². The van der Waals surface area contributed by atoms with E-state index in [0.717, 1.165) is 32.0 Å². The lowest BCUT2D eigenvalue weighted by molar-refractivity contribution is 0.419. The molecule has 2 heterocycles. The summed E-state index contributed by atoms with van der Waals surface area (Å²) < 4.78 is 0. The molecule has 1 fully saturated rings. The Morgan fingerprint density at radius 2 is 2.47 bits per heavy atom. The Labute approximate surface area is 94.5 Å². The third-order valence-electron chi connectivity index (χ3n) is 2.74. The topological polar surface area (TPSA) is 55.0 Å². The van der Waals surface area contributed by atoms with Gasteiger partial charge in [-0.1, -0.05) is 11.6 Å². The second-order valence-electron chi connectivity index (χ2n) is 3.87.